The van der Waals surface area contributed by atoms with Crippen LogP contribution >= 0.6 is 0 Å². The van der Waals surface area contributed by atoms with Gasteiger partial charge in [-0.25, -0.2) is 4.39 Å². The summed E-state index contributed by atoms with van der Waals surface area (Å²) in [5, 5.41) is 12.8. The fraction of sp³-hybridized carbons (Fsp3) is 0.625. The van der Waals surface area contributed by atoms with Gasteiger partial charge in [-0.2, -0.15) is 0 Å². The van der Waals surface area contributed by atoms with Gasteiger partial charge < -0.3 is 10.4 Å². The minimum atomic E-state index is -0.176. The minimum absolute atomic E-state index is 0.176. The van der Waals surface area contributed by atoms with Gasteiger partial charge in [0.1, 0.15) is 5.82 Å². The summed E-state index contributed by atoms with van der Waals surface area (Å²) < 4.78 is 12.8. The first-order valence-corrected chi connectivity index (χ1v) is 7.35. The molecule has 1 aromatic rings. The Morgan fingerprint density at radius 2 is 1.79 bits per heavy atom. The van der Waals surface area contributed by atoms with E-state index in [1.165, 1.54) is 37.8 Å². The lowest BCUT2D eigenvalue weighted by molar-refractivity contribution is 0.133. The zero-order valence-corrected chi connectivity index (χ0v) is 11.4. The fourth-order valence-electron chi connectivity index (χ4n) is 2.96. The van der Waals surface area contributed by atoms with Crippen molar-refractivity contribution in [1.82, 2.24) is 5.32 Å². The van der Waals surface area contributed by atoms with Crippen LogP contribution in [0.4, 0.5) is 4.39 Å². The summed E-state index contributed by atoms with van der Waals surface area (Å²) in [7, 11) is 0. The van der Waals surface area contributed by atoms with Crippen LogP contribution in [0.15, 0.2) is 24.3 Å². The number of rotatable bonds is 6. The Bertz CT molecular complexity index is 366. The van der Waals surface area contributed by atoms with Crippen LogP contribution in [0.5, 0.6) is 0 Å². The van der Waals surface area contributed by atoms with Gasteiger partial charge in [0, 0.05) is 6.61 Å². The van der Waals surface area contributed by atoms with E-state index in [1.54, 1.807) is 0 Å². The van der Waals surface area contributed by atoms with Crippen LogP contribution in [-0.4, -0.2) is 24.8 Å². The second kappa shape index (κ2) is 7.61. The fourth-order valence-corrected chi connectivity index (χ4v) is 2.96. The van der Waals surface area contributed by atoms with Gasteiger partial charge in [0.15, 0.2) is 0 Å². The summed E-state index contributed by atoms with van der Waals surface area (Å²) in [5.74, 6) is 0.920. The van der Waals surface area contributed by atoms with E-state index in [0.717, 1.165) is 25.1 Å². The molecule has 0 spiro atoms. The molecule has 0 bridgehead atoms. The molecule has 19 heavy (non-hydrogen) atoms. The lowest BCUT2D eigenvalue weighted by atomic mass is 9.79. The number of aliphatic hydroxyl groups excluding tert-OH is 1. The molecule has 1 aliphatic carbocycles. The zero-order valence-electron chi connectivity index (χ0n) is 11.4. The SMILES string of the molecule is OCC1CCCCC1CNCCc1ccc(F)cc1. The van der Waals surface area contributed by atoms with Crippen LogP contribution in [-0.2, 0) is 6.42 Å². The maximum absolute atomic E-state index is 12.8. The molecule has 106 valence electrons. The molecule has 0 aliphatic heterocycles. The largest absolute Gasteiger partial charge is 0.396 e. The monoisotopic (exact) mass is 265 g/mol. The first-order valence-electron chi connectivity index (χ1n) is 7.35. The van der Waals surface area contributed by atoms with Crippen molar-refractivity contribution >= 4 is 0 Å². The molecule has 2 rings (SSSR count). The quantitative estimate of drug-likeness (QED) is 0.775. The maximum atomic E-state index is 12.8. The van der Waals surface area contributed by atoms with Gasteiger partial charge in [-0.15, -0.1) is 0 Å². The number of benzene rings is 1. The van der Waals surface area contributed by atoms with Gasteiger partial charge in [-0.05, 0) is 61.9 Å². The number of aliphatic hydroxyl groups is 1. The molecule has 0 amide bonds. The average molecular weight is 265 g/mol. The standard InChI is InChI=1S/C16H24FNO/c17-16-7-5-13(6-8-16)9-10-18-11-14-3-1-2-4-15(14)12-19/h5-8,14-15,18-19H,1-4,9-12H2. The van der Waals surface area contributed by atoms with Crippen LogP contribution < -0.4 is 5.32 Å². The van der Waals surface area contributed by atoms with Crippen molar-refractivity contribution in [3.63, 3.8) is 0 Å². The van der Waals surface area contributed by atoms with Crippen LogP contribution in [0.3, 0.4) is 0 Å². The van der Waals surface area contributed by atoms with Gasteiger partial charge in [0.2, 0.25) is 0 Å². The number of halogens is 1. The summed E-state index contributed by atoms with van der Waals surface area (Å²) in [5.41, 5.74) is 1.16. The van der Waals surface area contributed by atoms with Crippen molar-refractivity contribution in [2.24, 2.45) is 11.8 Å². The molecule has 1 aliphatic rings. The molecule has 1 saturated carbocycles. The van der Waals surface area contributed by atoms with Crippen molar-refractivity contribution in [3.05, 3.63) is 35.6 Å². The molecule has 1 fully saturated rings. The van der Waals surface area contributed by atoms with Crippen molar-refractivity contribution in [3.8, 4) is 0 Å². The Morgan fingerprint density at radius 3 is 2.47 bits per heavy atom. The molecule has 0 aromatic heterocycles. The molecule has 2 atom stereocenters. The second-order valence-electron chi connectivity index (χ2n) is 5.57. The highest BCUT2D eigenvalue weighted by Crippen LogP contribution is 2.28. The minimum Gasteiger partial charge on any atom is -0.396 e. The van der Waals surface area contributed by atoms with E-state index in [9.17, 15) is 9.50 Å². The van der Waals surface area contributed by atoms with Gasteiger partial charge in [-0.3, -0.25) is 0 Å². The third-order valence-electron chi connectivity index (χ3n) is 4.21. The van der Waals surface area contributed by atoms with E-state index in [2.05, 4.69) is 5.32 Å². The third-order valence-corrected chi connectivity index (χ3v) is 4.21. The van der Waals surface area contributed by atoms with Crippen molar-refractivity contribution < 1.29 is 9.50 Å². The molecular weight excluding hydrogens is 241 g/mol. The molecule has 0 saturated heterocycles. The molecule has 0 heterocycles. The molecular formula is C16H24FNO. The lowest BCUT2D eigenvalue weighted by Crippen LogP contribution is -2.33. The van der Waals surface area contributed by atoms with Gasteiger partial charge >= 0.3 is 0 Å². The number of hydrogen-bond donors (Lipinski definition) is 2. The van der Waals surface area contributed by atoms with Gasteiger partial charge in [0.25, 0.3) is 0 Å². The van der Waals surface area contributed by atoms with Crippen molar-refractivity contribution in [2.45, 2.75) is 32.1 Å². The first kappa shape index (κ1) is 14.5. The molecule has 0 radical (unpaired) electrons. The average Bonchev–Trinajstić information content (AvgIpc) is 2.46. The van der Waals surface area contributed by atoms with E-state index < -0.39 is 0 Å². The van der Waals surface area contributed by atoms with Crippen LogP contribution in [0.1, 0.15) is 31.2 Å². The van der Waals surface area contributed by atoms with Gasteiger partial charge in [0.05, 0.1) is 0 Å². The Labute approximate surface area is 115 Å². The van der Waals surface area contributed by atoms with E-state index in [0.29, 0.717) is 18.4 Å². The van der Waals surface area contributed by atoms with E-state index in [-0.39, 0.29) is 5.82 Å². The summed E-state index contributed by atoms with van der Waals surface area (Å²) in [6, 6.07) is 6.71. The maximum Gasteiger partial charge on any atom is 0.123 e. The van der Waals surface area contributed by atoms with Crippen LogP contribution in [0, 0.1) is 17.7 Å². The molecule has 2 N–H and O–H groups in total. The summed E-state index contributed by atoms with van der Waals surface area (Å²) in [6.45, 7) is 2.23. The normalized spacial score (nSPS) is 23.5. The van der Waals surface area contributed by atoms with Crippen LogP contribution in [0.2, 0.25) is 0 Å². The zero-order chi connectivity index (χ0) is 13.5. The topological polar surface area (TPSA) is 32.3 Å². The van der Waals surface area contributed by atoms with Gasteiger partial charge in [-0.1, -0.05) is 25.0 Å². The summed E-state index contributed by atoms with van der Waals surface area (Å²) in [6.07, 6.45) is 5.88. The second-order valence-corrected chi connectivity index (χ2v) is 5.57. The summed E-state index contributed by atoms with van der Waals surface area (Å²) in [4.78, 5) is 0. The highest BCUT2D eigenvalue weighted by atomic mass is 19.1. The van der Waals surface area contributed by atoms with E-state index in [1.807, 2.05) is 12.1 Å². The van der Waals surface area contributed by atoms with Crippen molar-refractivity contribution in [2.75, 3.05) is 19.7 Å². The number of nitrogens with one attached hydrogen (secondary N) is 1. The Balaban J connectivity index is 1.67. The molecule has 2 unspecified atom stereocenters. The third kappa shape index (κ3) is 4.59. The highest BCUT2D eigenvalue weighted by molar-refractivity contribution is 5.16. The highest BCUT2D eigenvalue weighted by Gasteiger charge is 2.23. The Hall–Kier alpha value is -0.930. The molecule has 2 nitrogen and oxygen atoms in total. The Kier molecular flexibility index (Phi) is 5.80. The predicted molar refractivity (Wildman–Crippen MR) is 75.5 cm³/mol. The molecule has 1 aromatic carbocycles. The molecule has 3 heteroatoms. The van der Waals surface area contributed by atoms with Crippen LogP contribution in [0.25, 0.3) is 0 Å². The lowest BCUT2D eigenvalue weighted by Gasteiger charge is -2.30. The van der Waals surface area contributed by atoms with E-state index >= 15 is 0 Å². The number of hydrogen-bond acceptors (Lipinski definition) is 2. The van der Waals surface area contributed by atoms with Crippen molar-refractivity contribution in [1.29, 1.82) is 0 Å². The summed E-state index contributed by atoms with van der Waals surface area (Å²) >= 11 is 0. The smallest absolute Gasteiger partial charge is 0.123 e. The van der Waals surface area contributed by atoms with E-state index in [4.69, 9.17) is 0 Å². The Morgan fingerprint density at radius 1 is 1.11 bits per heavy atom. The predicted octanol–water partition coefficient (Wildman–Crippen LogP) is 2.76. The first-order chi connectivity index (χ1) is 9.29.